The number of hydrogen-bond donors (Lipinski definition) is 2. The molecule has 1 saturated heterocycles. The molecule has 0 aliphatic carbocycles. The predicted molar refractivity (Wildman–Crippen MR) is 131 cm³/mol. The SMILES string of the molecule is O=C(Cc1ccc(C(=O)O)cc1)NC(c1ccccc1Cl)c1ccccc1N1CCCCC1. The summed E-state index contributed by atoms with van der Waals surface area (Å²) in [6, 6.07) is 21.8. The van der Waals surface area contributed by atoms with Gasteiger partial charge in [0.15, 0.2) is 0 Å². The van der Waals surface area contributed by atoms with Gasteiger partial charge in [0.25, 0.3) is 0 Å². The maximum Gasteiger partial charge on any atom is 0.335 e. The second-order valence-electron chi connectivity index (χ2n) is 8.31. The molecule has 3 aromatic carbocycles. The molecule has 0 spiro atoms. The van der Waals surface area contributed by atoms with E-state index in [1.54, 1.807) is 12.1 Å². The molecule has 4 rings (SSSR count). The average molecular weight is 463 g/mol. The number of carbonyl (C=O) groups is 2. The summed E-state index contributed by atoms with van der Waals surface area (Å²) in [7, 11) is 0. The third-order valence-corrected chi connectivity index (χ3v) is 6.38. The number of hydrogen-bond acceptors (Lipinski definition) is 3. The number of carbonyl (C=O) groups excluding carboxylic acids is 1. The minimum atomic E-state index is -0.987. The topological polar surface area (TPSA) is 69.6 Å². The monoisotopic (exact) mass is 462 g/mol. The Balaban J connectivity index is 1.63. The van der Waals surface area contributed by atoms with Crippen molar-refractivity contribution in [1.82, 2.24) is 5.32 Å². The summed E-state index contributed by atoms with van der Waals surface area (Å²) >= 11 is 6.58. The van der Waals surface area contributed by atoms with Crippen LogP contribution in [-0.2, 0) is 11.2 Å². The summed E-state index contributed by atoms with van der Waals surface area (Å²) in [6.07, 6.45) is 3.70. The number of para-hydroxylation sites is 1. The van der Waals surface area contributed by atoms with Crippen molar-refractivity contribution in [3.05, 3.63) is 100 Å². The van der Waals surface area contributed by atoms with E-state index in [2.05, 4.69) is 22.3 Å². The number of piperidine rings is 1. The van der Waals surface area contributed by atoms with Gasteiger partial charge < -0.3 is 15.3 Å². The van der Waals surface area contributed by atoms with Crippen LogP contribution in [0, 0.1) is 0 Å². The van der Waals surface area contributed by atoms with Gasteiger partial charge in [0.1, 0.15) is 0 Å². The number of carboxylic acid groups (broad SMARTS) is 1. The number of halogens is 1. The minimum Gasteiger partial charge on any atom is -0.478 e. The Labute approximate surface area is 199 Å². The van der Waals surface area contributed by atoms with Gasteiger partial charge in [-0.2, -0.15) is 0 Å². The number of amides is 1. The van der Waals surface area contributed by atoms with Gasteiger partial charge in [0.05, 0.1) is 18.0 Å². The van der Waals surface area contributed by atoms with Crippen molar-refractivity contribution in [2.45, 2.75) is 31.7 Å². The molecule has 1 atom stereocenters. The van der Waals surface area contributed by atoms with Crippen LogP contribution >= 0.6 is 11.6 Å². The quantitative estimate of drug-likeness (QED) is 0.488. The number of nitrogens with one attached hydrogen (secondary N) is 1. The van der Waals surface area contributed by atoms with Gasteiger partial charge >= 0.3 is 5.97 Å². The second-order valence-corrected chi connectivity index (χ2v) is 8.71. The van der Waals surface area contributed by atoms with E-state index in [0.29, 0.717) is 5.02 Å². The zero-order valence-corrected chi connectivity index (χ0v) is 19.1. The fraction of sp³-hybridized carbons (Fsp3) is 0.259. The van der Waals surface area contributed by atoms with Crippen LogP contribution in [0.3, 0.4) is 0 Å². The molecule has 0 aromatic heterocycles. The van der Waals surface area contributed by atoms with Gasteiger partial charge in [0, 0.05) is 29.4 Å². The van der Waals surface area contributed by atoms with Crippen molar-refractivity contribution >= 4 is 29.2 Å². The Kier molecular flexibility index (Phi) is 7.30. The molecule has 33 heavy (non-hydrogen) atoms. The molecular weight excluding hydrogens is 436 g/mol. The molecule has 1 fully saturated rings. The van der Waals surface area contributed by atoms with Crippen molar-refractivity contribution in [3.8, 4) is 0 Å². The average Bonchev–Trinajstić information content (AvgIpc) is 2.84. The summed E-state index contributed by atoms with van der Waals surface area (Å²) in [6.45, 7) is 1.99. The third kappa shape index (κ3) is 5.55. The van der Waals surface area contributed by atoms with Crippen LogP contribution in [0.1, 0.15) is 52.4 Å². The van der Waals surface area contributed by atoms with Gasteiger partial charge in [-0.25, -0.2) is 4.79 Å². The van der Waals surface area contributed by atoms with Crippen LogP contribution < -0.4 is 10.2 Å². The van der Waals surface area contributed by atoms with Gasteiger partial charge in [0.2, 0.25) is 5.91 Å². The summed E-state index contributed by atoms with van der Waals surface area (Å²) in [5.74, 6) is -1.14. The van der Waals surface area contributed by atoms with Crippen molar-refractivity contribution in [1.29, 1.82) is 0 Å². The zero-order chi connectivity index (χ0) is 23.2. The lowest BCUT2D eigenvalue weighted by molar-refractivity contribution is -0.120. The van der Waals surface area contributed by atoms with Crippen LogP contribution in [0.15, 0.2) is 72.8 Å². The van der Waals surface area contributed by atoms with Crippen LogP contribution in [0.2, 0.25) is 5.02 Å². The number of rotatable bonds is 7. The molecule has 5 nitrogen and oxygen atoms in total. The molecule has 170 valence electrons. The summed E-state index contributed by atoms with van der Waals surface area (Å²) in [4.78, 5) is 26.6. The van der Waals surface area contributed by atoms with E-state index in [1.165, 1.54) is 18.6 Å². The maximum atomic E-state index is 13.1. The van der Waals surface area contributed by atoms with Gasteiger partial charge in [-0.15, -0.1) is 0 Å². The Morgan fingerprint density at radius 3 is 2.18 bits per heavy atom. The molecule has 1 heterocycles. The number of carboxylic acids is 1. The smallest absolute Gasteiger partial charge is 0.335 e. The molecule has 3 aromatic rings. The van der Waals surface area contributed by atoms with E-state index >= 15 is 0 Å². The molecular formula is C27H27ClN2O3. The highest BCUT2D eigenvalue weighted by Crippen LogP contribution is 2.35. The van der Waals surface area contributed by atoms with Crippen molar-refractivity contribution in [2.24, 2.45) is 0 Å². The van der Waals surface area contributed by atoms with Gasteiger partial charge in [-0.3, -0.25) is 4.79 Å². The largest absolute Gasteiger partial charge is 0.478 e. The summed E-state index contributed by atoms with van der Waals surface area (Å²) in [5.41, 5.74) is 3.93. The third-order valence-electron chi connectivity index (χ3n) is 6.03. The minimum absolute atomic E-state index is 0.146. The van der Waals surface area contributed by atoms with Crippen LogP contribution in [0.25, 0.3) is 0 Å². The second kappa shape index (κ2) is 10.5. The van der Waals surface area contributed by atoms with E-state index in [4.69, 9.17) is 16.7 Å². The Morgan fingerprint density at radius 2 is 1.52 bits per heavy atom. The standard InChI is InChI=1S/C27H27ClN2O3/c28-23-10-4-2-8-21(23)26(22-9-3-5-11-24(22)30-16-6-1-7-17-30)29-25(31)18-19-12-14-20(15-13-19)27(32)33/h2-5,8-15,26H,1,6-7,16-18H2,(H,29,31)(H,32,33). The molecule has 1 aliphatic heterocycles. The Hall–Kier alpha value is -3.31. The first-order chi connectivity index (χ1) is 16.0. The number of benzene rings is 3. The molecule has 0 radical (unpaired) electrons. The first-order valence-corrected chi connectivity index (χ1v) is 11.6. The molecule has 0 bridgehead atoms. The highest BCUT2D eigenvalue weighted by atomic mass is 35.5. The highest BCUT2D eigenvalue weighted by Gasteiger charge is 2.24. The van der Waals surface area contributed by atoms with Crippen LogP contribution in [0.4, 0.5) is 5.69 Å². The first-order valence-electron chi connectivity index (χ1n) is 11.2. The van der Waals surface area contributed by atoms with Crippen molar-refractivity contribution in [2.75, 3.05) is 18.0 Å². The molecule has 1 unspecified atom stereocenters. The van der Waals surface area contributed by atoms with E-state index < -0.39 is 12.0 Å². The van der Waals surface area contributed by atoms with E-state index in [1.807, 2.05) is 36.4 Å². The van der Waals surface area contributed by atoms with Gasteiger partial charge in [-0.1, -0.05) is 60.1 Å². The Bertz CT molecular complexity index is 1120. The van der Waals surface area contributed by atoms with Crippen molar-refractivity contribution in [3.63, 3.8) is 0 Å². The fourth-order valence-electron chi connectivity index (χ4n) is 4.35. The van der Waals surface area contributed by atoms with E-state index in [0.717, 1.165) is 48.3 Å². The predicted octanol–water partition coefficient (Wildman–Crippen LogP) is 5.48. The molecule has 6 heteroatoms. The molecule has 2 N–H and O–H groups in total. The maximum absolute atomic E-state index is 13.1. The number of nitrogens with zero attached hydrogens (tertiary/aromatic N) is 1. The number of anilines is 1. The van der Waals surface area contributed by atoms with Crippen molar-refractivity contribution < 1.29 is 14.7 Å². The first kappa shape index (κ1) is 22.9. The van der Waals surface area contributed by atoms with Gasteiger partial charge in [-0.05, 0) is 54.7 Å². The van der Waals surface area contributed by atoms with E-state index in [9.17, 15) is 9.59 Å². The molecule has 1 amide bonds. The summed E-state index contributed by atoms with van der Waals surface area (Å²) in [5, 5.41) is 12.9. The van der Waals surface area contributed by atoms with E-state index in [-0.39, 0.29) is 17.9 Å². The summed E-state index contributed by atoms with van der Waals surface area (Å²) < 4.78 is 0. The highest BCUT2D eigenvalue weighted by molar-refractivity contribution is 6.31. The Morgan fingerprint density at radius 1 is 0.879 bits per heavy atom. The van der Waals surface area contributed by atoms with Crippen LogP contribution in [0.5, 0.6) is 0 Å². The molecule has 1 aliphatic rings. The lowest BCUT2D eigenvalue weighted by Gasteiger charge is -2.33. The number of aromatic carboxylic acids is 1. The fourth-order valence-corrected chi connectivity index (χ4v) is 4.59. The lowest BCUT2D eigenvalue weighted by atomic mass is 9.95. The van der Waals surface area contributed by atoms with Crippen LogP contribution in [-0.4, -0.2) is 30.1 Å². The lowest BCUT2D eigenvalue weighted by Crippen LogP contribution is -2.34. The normalized spacial score (nSPS) is 14.5. The molecule has 0 saturated carbocycles. The zero-order valence-electron chi connectivity index (χ0n) is 18.3.